The quantitative estimate of drug-likeness (QED) is 0.552. The molecule has 1 heterocycles. The fourth-order valence-electron chi connectivity index (χ4n) is 3.29. The molecule has 2 atom stereocenters. The van der Waals surface area contributed by atoms with Crippen molar-refractivity contribution in [3.63, 3.8) is 0 Å². The van der Waals surface area contributed by atoms with Crippen molar-refractivity contribution in [3.8, 4) is 11.8 Å². The summed E-state index contributed by atoms with van der Waals surface area (Å²) in [5.41, 5.74) is -0.559. The van der Waals surface area contributed by atoms with Gasteiger partial charge in [-0.05, 0) is 19.1 Å². The third kappa shape index (κ3) is 4.03. The molecular formula is C21H21F3O2. The topological polar surface area (TPSA) is 18.5 Å². The first-order valence-corrected chi connectivity index (χ1v) is 8.66. The minimum atomic E-state index is -2.05. The molecular weight excluding hydrogens is 341 g/mol. The number of allylic oxidation sites excluding steroid dienone is 3. The molecule has 2 aliphatic rings. The largest absolute Gasteiger partial charge is 0.350 e. The maximum Gasteiger partial charge on any atom is 0.174 e. The molecule has 2 nitrogen and oxygen atoms in total. The second kappa shape index (κ2) is 8.11. The van der Waals surface area contributed by atoms with E-state index in [0.29, 0.717) is 18.8 Å². The van der Waals surface area contributed by atoms with E-state index in [-0.39, 0.29) is 18.8 Å². The van der Waals surface area contributed by atoms with Crippen LogP contribution in [0.15, 0.2) is 54.1 Å². The number of benzene rings is 1. The van der Waals surface area contributed by atoms with Crippen molar-refractivity contribution in [3.05, 3.63) is 59.7 Å². The van der Waals surface area contributed by atoms with E-state index in [0.717, 1.165) is 0 Å². The van der Waals surface area contributed by atoms with Crippen molar-refractivity contribution < 1.29 is 22.6 Å². The lowest BCUT2D eigenvalue weighted by molar-refractivity contribution is -0.239. The summed E-state index contributed by atoms with van der Waals surface area (Å²) in [6, 6.07) is 9.10. The molecule has 3 rings (SSSR count). The summed E-state index contributed by atoms with van der Waals surface area (Å²) >= 11 is 0. The summed E-state index contributed by atoms with van der Waals surface area (Å²) in [6.07, 6.45) is 0.242. The molecule has 0 spiro atoms. The summed E-state index contributed by atoms with van der Waals surface area (Å²) in [4.78, 5) is 0. The zero-order chi connectivity index (χ0) is 18.6. The third-order valence-electron chi connectivity index (χ3n) is 4.62. The lowest BCUT2D eigenvalue weighted by atomic mass is 9.74. The molecule has 1 saturated heterocycles. The molecule has 0 bridgehead atoms. The van der Waals surface area contributed by atoms with E-state index in [1.54, 1.807) is 12.1 Å². The van der Waals surface area contributed by atoms with Crippen molar-refractivity contribution in [2.24, 2.45) is 11.3 Å². The zero-order valence-corrected chi connectivity index (χ0v) is 14.6. The van der Waals surface area contributed by atoms with Crippen LogP contribution < -0.4 is 0 Å². The fraction of sp³-hybridized carbons (Fsp3) is 0.429. The van der Waals surface area contributed by atoms with Crippen molar-refractivity contribution in [1.29, 1.82) is 0 Å². The van der Waals surface area contributed by atoms with Gasteiger partial charge in [-0.1, -0.05) is 42.2 Å². The van der Waals surface area contributed by atoms with Gasteiger partial charge in [-0.3, -0.25) is 0 Å². The average Bonchev–Trinajstić information content (AvgIpc) is 2.66. The van der Waals surface area contributed by atoms with Crippen LogP contribution in [-0.4, -0.2) is 25.7 Å². The first-order valence-electron chi connectivity index (χ1n) is 8.66. The molecule has 0 radical (unpaired) electrons. The lowest BCUT2D eigenvalue weighted by Crippen LogP contribution is -2.46. The average molecular weight is 362 g/mol. The number of halogens is 3. The van der Waals surface area contributed by atoms with E-state index < -0.39 is 29.5 Å². The summed E-state index contributed by atoms with van der Waals surface area (Å²) in [5, 5.41) is 0. The number of rotatable bonds is 2. The van der Waals surface area contributed by atoms with E-state index in [1.807, 2.05) is 37.3 Å². The second-order valence-electron chi connectivity index (χ2n) is 6.66. The smallest absolute Gasteiger partial charge is 0.174 e. The van der Waals surface area contributed by atoms with Gasteiger partial charge in [0, 0.05) is 24.3 Å². The number of hydrogen-bond donors (Lipinski definition) is 0. The first-order chi connectivity index (χ1) is 12.5. The lowest BCUT2D eigenvalue weighted by Gasteiger charge is -2.41. The van der Waals surface area contributed by atoms with Crippen LogP contribution >= 0.6 is 0 Å². The minimum absolute atomic E-state index is 0.0808. The Bertz CT molecular complexity index is 740. The molecule has 0 aromatic heterocycles. The van der Waals surface area contributed by atoms with Gasteiger partial charge in [0.1, 0.15) is 5.83 Å². The molecule has 0 saturated carbocycles. The van der Waals surface area contributed by atoms with Gasteiger partial charge >= 0.3 is 0 Å². The maximum absolute atomic E-state index is 14.1. The van der Waals surface area contributed by atoms with E-state index >= 15 is 0 Å². The third-order valence-corrected chi connectivity index (χ3v) is 4.62. The number of ether oxygens (including phenoxy) is 2. The molecule has 0 unspecified atom stereocenters. The van der Waals surface area contributed by atoms with E-state index in [4.69, 9.17) is 9.47 Å². The zero-order valence-electron chi connectivity index (χ0n) is 14.6. The second-order valence-corrected chi connectivity index (χ2v) is 6.66. The van der Waals surface area contributed by atoms with Gasteiger partial charge < -0.3 is 9.47 Å². The van der Waals surface area contributed by atoms with Crippen LogP contribution in [0.2, 0.25) is 0 Å². The Balaban J connectivity index is 1.90. The summed E-state index contributed by atoms with van der Waals surface area (Å²) in [7, 11) is 0. The van der Waals surface area contributed by atoms with Crippen molar-refractivity contribution in [1.82, 2.24) is 0 Å². The fourth-order valence-corrected chi connectivity index (χ4v) is 3.29. The van der Waals surface area contributed by atoms with Gasteiger partial charge in [0.25, 0.3) is 0 Å². The van der Waals surface area contributed by atoms with Crippen LogP contribution in [0.4, 0.5) is 13.2 Å². The highest BCUT2D eigenvalue weighted by molar-refractivity contribution is 5.37. The van der Waals surface area contributed by atoms with E-state index in [9.17, 15) is 13.2 Å². The molecule has 138 valence electrons. The van der Waals surface area contributed by atoms with Crippen molar-refractivity contribution >= 4 is 0 Å². The standard InChI is InChI=1S/C21H21F3O2/c1-2-6-16-13-25-20(26-14-16)21(10-9-15-7-4-3-5-8-15)11-17(22)19(24)18(23)12-21/h2-8,16-17,20H,11-14H2,1H3/b6-2+/t16?,17-,20?,21-/m1/s1. The Kier molecular flexibility index (Phi) is 5.85. The van der Waals surface area contributed by atoms with Gasteiger partial charge in [0.05, 0.1) is 18.6 Å². The normalized spacial score (nSPS) is 32.4. The Morgan fingerprint density at radius 3 is 2.46 bits per heavy atom. The monoisotopic (exact) mass is 362 g/mol. The van der Waals surface area contributed by atoms with Crippen LogP contribution in [0.25, 0.3) is 0 Å². The van der Waals surface area contributed by atoms with Crippen LogP contribution in [0, 0.1) is 23.2 Å². The minimum Gasteiger partial charge on any atom is -0.350 e. The molecule has 26 heavy (non-hydrogen) atoms. The van der Waals surface area contributed by atoms with Gasteiger partial charge in [-0.15, -0.1) is 0 Å². The van der Waals surface area contributed by atoms with Crippen molar-refractivity contribution in [2.75, 3.05) is 13.2 Å². The SMILES string of the molecule is C/C=C/C1COC([C@@]2(C#Cc3ccccc3)CC(F)=C(F)[C@H](F)C2)OC1. The molecule has 1 fully saturated rings. The molecule has 0 N–H and O–H groups in total. The van der Waals surface area contributed by atoms with E-state index in [1.165, 1.54) is 0 Å². The van der Waals surface area contributed by atoms with Gasteiger partial charge in [0.2, 0.25) is 0 Å². The number of hydrogen-bond acceptors (Lipinski definition) is 2. The summed E-state index contributed by atoms with van der Waals surface area (Å²) in [5.74, 6) is 3.51. The molecule has 5 heteroatoms. The highest BCUT2D eigenvalue weighted by Crippen LogP contribution is 2.46. The van der Waals surface area contributed by atoms with Crippen LogP contribution in [-0.2, 0) is 9.47 Å². The molecule has 0 amide bonds. The van der Waals surface area contributed by atoms with E-state index in [2.05, 4.69) is 11.8 Å². The Morgan fingerprint density at radius 2 is 1.85 bits per heavy atom. The van der Waals surface area contributed by atoms with Crippen molar-refractivity contribution in [2.45, 2.75) is 32.2 Å². The van der Waals surface area contributed by atoms with Gasteiger partial charge in [-0.25, -0.2) is 13.2 Å². The molecule has 1 aliphatic carbocycles. The van der Waals surface area contributed by atoms with Crippen LogP contribution in [0.1, 0.15) is 25.3 Å². The molecule has 1 aliphatic heterocycles. The highest BCUT2D eigenvalue weighted by Gasteiger charge is 2.49. The van der Waals surface area contributed by atoms with Crippen LogP contribution in [0.5, 0.6) is 0 Å². The van der Waals surface area contributed by atoms with Crippen LogP contribution in [0.3, 0.4) is 0 Å². The highest BCUT2D eigenvalue weighted by atomic mass is 19.2. The maximum atomic E-state index is 14.1. The summed E-state index contributed by atoms with van der Waals surface area (Å²) < 4.78 is 53.3. The van der Waals surface area contributed by atoms with Gasteiger partial charge in [0.15, 0.2) is 18.3 Å². The predicted molar refractivity (Wildman–Crippen MR) is 93.1 cm³/mol. The summed E-state index contributed by atoms with van der Waals surface area (Å²) in [6.45, 7) is 2.64. The molecule has 1 aromatic carbocycles. The Labute approximate surface area is 151 Å². The number of alkyl halides is 1. The predicted octanol–water partition coefficient (Wildman–Crippen LogP) is 4.87. The molecule has 1 aromatic rings. The first kappa shape index (κ1) is 18.8. The van der Waals surface area contributed by atoms with Gasteiger partial charge in [-0.2, -0.15) is 0 Å². The Morgan fingerprint density at radius 1 is 1.15 bits per heavy atom. The Hall–Kier alpha value is -2.03.